The summed E-state index contributed by atoms with van der Waals surface area (Å²) in [7, 11) is 6.81. The summed E-state index contributed by atoms with van der Waals surface area (Å²) >= 11 is 0. The molecule has 3 fully saturated rings. The van der Waals surface area contributed by atoms with Crippen molar-refractivity contribution in [3.63, 3.8) is 0 Å². The molecule has 36 heavy (non-hydrogen) atoms. The molecule has 0 spiro atoms. The van der Waals surface area contributed by atoms with Crippen LogP contribution in [0.5, 0.6) is 0 Å². The van der Waals surface area contributed by atoms with Crippen LogP contribution in [-0.2, 0) is 38.9 Å². The van der Waals surface area contributed by atoms with E-state index in [9.17, 15) is 0 Å². The van der Waals surface area contributed by atoms with Gasteiger partial charge in [-0.15, -0.1) is 0 Å². The van der Waals surface area contributed by atoms with Crippen LogP contribution in [-0.4, -0.2) is 129 Å². The van der Waals surface area contributed by atoms with Gasteiger partial charge in [0.2, 0.25) is 0 Å². The van der Waals surface area contributed by atoms with Gasteiger partial charge in [0.1, 0.15) is 0 Å². The zero-order chi connectivity index (χ0) is 25.7. The first-order chi connectivity index (χ1) is 17.4. The normalized spacial score (nSPS) is 22.5. The highest BCUT2D eigenvalue weighted by Crippen LogP contribution is 2.34. The van der Waals surface area contributed by atoms with E-state index in [1.807, 2.05) is 0 Å². The highest BCUT2D eigenvalue weighted by atomic mass is 15.3. The maximum Gasteiger partial charge on any atom is 0.0240 e. The summed E-state index contributed by atoms with van der Waals surface area (Å²) in [5, 5.41) is 0. The van der Waals surface area contributed by atoms with Gasteiger partial charge in [-0.3, -0.25) is 14.7 Å². The minimum Gasteiger partial charge on any atom is -0.304 e. The van der Waals surface area contributed by atoms with Crippen molar-refractivity contribution in [3.8, 4) is 0 Å². The average molecular weight is 499 g/mol. The van der Waals surface area contributed by atoms with Gasteiger partial charge in [-0.05, 0) is 73.8 Å². The Balaban J connectivity index is 1.74. The second-order valence-electron chi connectivity index (χ2n) is 11.7. The Bertz CT molecular complexity index is 700. The van der Waals surface area contributed by atoms with Gasteiger partial charge in [0.15, 0.2) is 0 Å². The quantitative estimate of drug-likeness (QED) is 0.518. The fourth-order valence-corrected chi connectivity index (χ4v) is 6.63. The van der Waals surface area contributed by atoms with Crippen LogP contribution in [0.3, 0.4) is 0 Å². The molecule has 6 heteroatoms. The lowest BCUT2D eigenvalue weighted by Crippen LogP contribution is -2.45. The summed E-state index contributed by atoms with van der Waals surface area (Å²) in [5.41, 5.74) is 10.1. The number of nitrogens with zero attached hydrogens (tertiary/aromatic N) is 6. The molecular formula is C30H54N6. The van der Waals surface area contributed by atoms with Crippen molar-refractivity contribution in [1.29, 1.82) is 0 Å². The molecule has 0 aliphatic carbocycles. The van der Waals surface area contributed by atoms with Gasteiger partial charge in [-0.2, -0.15) is 0 Å². The standard InChI is InChI=1S/C30H54N6/c1-7-25-28(22-34-16-10-31(4)11-17-34)26(8-2)30(24-36-20-14-33(6)15-21-36)27(9-3)29(25)23-35-18-12-32(5)13-19-35/h7-24H2,1-6H3. The molecule has 0 N–H and O–H groups in total. The SMILES string of the molecule is CCc1c(CN2CCN(C)CC2)c(CC)c(CN2CCN(C)CC2)c(CC)c1CN1CCN(C)CC1. The van der Waals surface area contributed by atoms with Crippen LogP contribution in [0.1, 0.15) is 54.2 Å². The third-order valence-electron chi connectivity index (χ3n) is 9.18. The van der Waals surface area contributed by atoms with E-state index in [0.29, 0.717) is 0 Å². The Labute approximate surface area is 222 Å². The lowest BCUT2D eigenvalue weighted by Gasteiger charge is -2.38. The van der Waals surface area contributed by atoms with Crippen molar-refractivity contribution in [2.45, 2.75) is 59.7 Å². The molecule has 3 heterocycles. The van der Waals surface area contributed by atoms with Gasteiger partial charge in [0, 0.05) is 98.2 Å². The lowest BCUT2D eigenvalue weighted by atomic mass is 9.82. The molecule has 0 unspecified atom stereocenters. The molecule has 0 amide bonds. The zero-order valence-electron chi connectivity index (χ0n) is 24.4. The van der Waals surface area contributed by atoms with Crippen molar-refractivity contribution < 1.29 is 0 Å². The molecule has 0 atom stereocenters. The molecule has 3 aliphatic rings. The summed E-state index contributed by atoms with van der Waals surface area (Å²) in [6.45, 7) is 25.0. The van der Waals surface area contributed by atoms with Crippen molar-refractivity contribution in [3.05, 3.63) is 33.4 Å². The molecule has 0 aromatic heterocycles. The highest BCUT2D eigenvalue weighted by Gasteiger charge is 2.27. The summed E-state index contributed by atoms with van der Waals surface area (Å²) in [4.78, 5) is 15.6. The Hall–Kier alpha value is -1.02. The number of likely N-dealkylation sites (N-methyl/N-ethyl adjacent to an activating group) is 3. The lowest BCUT2D eigenvalue weighted by molar-refractivity contribution is 0.143. The Kier molecular flexibility index (Phi) is 10.2. The molecule has 0 bridgehead atoms. The van der Waals surface area contributed by atoms with E-state index in [4.69, 9.17) is 0 Å². The van der Waals surface area contributed by atoms with Crippen molar-refractivity contribution in [2.75, 3.05) is 99.7 Å². The first-order valence-corrected chi connectivity index (χ1v) is 14.8. The molecular weight excluding hydrogens is 444 g/mol. The molecule has 0 radical (unpaired) electrons. The number of rotatable bonds is 9. The van der Waals surface area contributed by atoms with E-state index in [2.05, 4.69) is 71.3 Å². The van der Waals surface area contributed by atoms with E-state index >= 15 is 0 Å². The Morgan fingerprint density at radius 2 is 0.583 bits per heavy atom. The molecule has 0 saturated carbocycles. The van der Waals surface area contributed by atoms with E-state index in [-0.39, 0.29) is 0 Å². The van der Waals surface area contributed by atoms with Crippen molar-refractivity contribution >= 4 is 0 Å². The van der Waals surface area contributed by atoms with Crippen LogP contribution in [0.4, 0.5) is 0 Å². The maximum absolute atomic E-state index is 2.73. The largest absolute Gasteiger partial charge is 0.304 e. The van der Waals surface area contributed by atoms with Gasteiger partial charge in [0.05, 0.1) is 0 Å². The Morgan fingerprint density at radius 1 is 0.361 bits per heavy atom. The molecule has 4 rings (SSSR count). The van der Waals surface area contributed by atoms with E-state index in [1.165, 1.54) is 78.5 Å². The van der Waals surface area contributed by atoms with Crippen molar-refractivity contribution in [1.82, 2.24) is 29.4 Å². The van der Waals surface area contributed by atoms with Gasteiger partial charge in [-0.25, -0.2) is 0 Å². The van der Waals surface area contributed by atoms with Crippen LogP contribution >= 0.6 is 0 Å². The summed E-state index contributed by atoms with van der Waals surface area (Å²) in [6.07, 6.45) is 3.46. The van der Waals surface area contributed by atoms with Crippen LogP contribution in [0.25, 0.3) is 0 Å². The van der Waals surface area contributed by atoms with Crippen LogP contribution < -0.4 is 0 Å². The Morgan fingerprint density at radius 3 is 0.778 bits per heavy atom. The van der Waals surface area contributed by atoms with Gasteiger partial charge in [-0.1, -0.05) is 20.8 Å². The molecule has 204 valence electrons. The van der Waals surface area contributed by atoms with E-state index < -0.39 is 0 Å². The predicted octanol–water partition coefficient (Wildman–Crippen LogP) is 2.62. The minimum absolute atomic E-state index is 1.13. The maximum atomic E-state index is 2.73. The first-order valence-electron chi connectivity index (χ1n) is 14.8. The molecule has 6 nitrogen and oxygen atoms in total. The number of hydrogen-bond acceptors (Lipinski definition) is 6. The van der Waals surface area contributed by atoms with Crippen molar-refractivity contribution in [2.24, 2.45) is 0 Å². The number of piperazine rings is 3. The topological polar surface area (TPSA) is 19.4 Å². The monoisotopic (exact) mass is 498 g/mol. The summed E-state index contributed by atoms with van der Waals surface area (Å²) in [6, 6.07) is 0. The van der Waals surface area contributed by atoms with Crippen LogP contribution in [0, 0.1) is 0 Å². The third-order valence-corrected chi connectivity index (χ3v) is 9.18. The average Bonchev–Trinajstić information content (AvgIpc) is 2.88. The smallest absolute Gasteiger partial charge is 0.0240 e. The van der Waals surface area contributed by atoms with E-state index in [1.54, 1.807) is 33.4 Å². The van der Waals surface area contributed by atoms with Gasteiger partial charge >= 0.3 is 0 Å². The first kappa shape index (κ1) is 28.0. The third kappa shape index (κ3) is 6.69. The fraction of sp³-hybridized carbons (Fsp3) is 0.800. The van der Waals surface area contributed by atoms with Crippen LogP contribution in [0.2, 0.25) is 0 Å². The zero-order valence-corrected chi connectivity index (χ0v) is 24.4. The number of hydrogen-bond donors (Lipinski definition) is 0. The highest BCUT2D eigenvalue weighted by molar-refractivity contribution is 5.52. The minimum atomic E-state index is 1.13. The summed E-state index contributed by atoms with van der Waals surface area (Å²) < 4.78 is 0. The van der Waals surface area contributed by atoms with Gasteiger partial charge in [0.25, 0.3) is 0 Å². The molecule has 1 aromatic carbocycles. The fourth-order valence-electron chi connectivity index (χ4n) is 6.63. The molecule has 3 aliphatic heterocycles. The molecule has 3 saturated heterocycles. The predicted molar refractivity (Wildman–Crippen MR) is 153 cm³/mol. The molecule has 1 aromatic rings. The second-order valence-corrected chi connectivity index (χ2v) is 11.7. The summed E-state index contributed by atoms with van der Waals surface area (Å²) in [5.74, 6) is 0. The van der Waals surface area contributed by atoms with E-state index in [0.717, 1.165) is 38.9 Å². The number of benzene rings is 1. The van der Waals surface area contributed by atoms with Crippen LogP contribution in [0.15, 0.2) is 0 Å². The van der Waals surface area contributed by atoms with Gasteiger partial charge < -0.3 is 14.7 Å². The second kappa shape index (κ2) is 13.2.